The molecule has 0 aromatic carbocycles. The monoisotopic (exact) mass is 270 g/mol. The number of allylic oxidation sites excluding steroid dienone is 1. The lowest BCUT2D eigenvalue weighted by atomic mass is 9.90. The average molecular weight is 270 g/mol. The second kappa shape index (κ2) is 8.72. The highest BCUT2D eigenvalue weighted by Crippen LogP contribution is 2.28. The lowest BCUT2D eigenvalue weighted by molar-refractivity contribution is -0.0971. The summed E-state index contributed by atoms with van der Waals surface area (Å²) < 4.78 is 5.98. The van der Waals surface area contributed by atoms with Gasteiger partial charge in [-0.2, -0.15) is 0 Å². The summed E-state index contributed by atoms with van der Waals surface area (Å²) in [6, 6.07) is 0. The van der Waals surface area contributed by atoms with Crippen molar-refractivity contribution in [2.45, 2.75) is 71.2 Å². The normalized spacial score (nSPS) is 30.1. The van der Waals surface area contributed by atoms with Crippen LogP contribution < -0.4 is 0 Å². The molecular formula is C16H30O3. The number of aliphatic hydroxyl groups is 2. The highest BCUT2D eigenvalue weighted by molar-refractivity contribution is 4.91. The van der Waals surface area contributed by atoms with Gasteiger partial charge in [0.25, 0.3) is 0 Å². The number of hydrogen-bond acceptors (Lipinski definition) is 3. The first-order valence-electron chi connectivity index (χ1n) is 7.64. The summed E-state index contributed by atoms with van der Waals surface area (Å²) in [4.78, 5) is 0. The Morgan fingerprint density at radius 3 is 2.68 bits per heavy atom. The van der Waals surface area contributed by atoms with E-state index in [4.69, 9.17) is 9.84 Å². The van der Waals surface area contributed by atoms with Gasteiger partial charge in [0.15, 0.2) is 0 Å². The molecule has 0 bridgehead atoms. The number of hydrogen-bond donors (Lipinski definition) is 2. The van der Waals surface area contributed by atoms with Crippen molar-refractivity contribution in [2.24, 2.45) is 11.8 Å². The van der Waals surface area contributed by atoms with Crippen LogP contribution in [-0.2, 0) is 4.74 Å². The zero-order chi connectivity index (χ0) is 14.3. The first kappa shape index (κ1) is 16.7. The van der Waals surface area contributed by atoms with E-state index in [1.165, 1.54) is 0 Å². The number of ether oxygens (including phenoxy) is 1. The Hall–Kier alpha value is -0.380. The molecule has 1 aliphatic heterocycles. The Bertz CT molecular complexity index is 263. The molecule has 0 radical (unpaired) electrons. The molecule has 1 rings (SSSR count). The Labute approximate surface area is 117 Å². The lowest BCUT2D eigenvalue weighted by Crippen LogP contribution is -2.36. The van der Waals surface area contributed by atoms with Crippen LogP contribution in [0.2, 0.25) is 0 Å². The van der Waals surface area contributed by atoms with Crippen LogP contribution >= 0.6 is 0 Å². The van der Waals surface area contributed by atoms with Gasteiger partial charge in [0, 0.05) is 13.0 Å². The molecule has 1 unspecified atom stereocenters. The molecule has 0 aliphatic carbocycles. The van der Waals surface area contributed by atoms with Crippen molar-refractivity contribution in [2.75, 3.05) is 6.61 Å². The van der Waals surface area contributed by atoms with Gasteiger partial charge in [-0.05, 0) is 37.5 Å². The fourth-order valence-corrected chi connectivity index (χ4v) is 2.59. The fraction of sp³-hybridized carbons (Fsp3) is 0.875. The van der Waals surface area contributed by atoms with Gasteiger partial charge in [-0.25, -0.2) is 0 Å². The highest BCUT2D eigenvalue weighted by atomic mass is 16.5. The van der Waals surface area contributed by atoms with Crippen LogP contribution in [0.3, 0.4) is 0 Å². The summed E-state index contributed by atoms with van der Waals surface area (Å²) in [6.45, 7) is 6.69. The highest BCUT2D eigenvalue weighted by Gasteiger charge is 2.28. The predicted octanol–water partition coefficient (Wildman–Crippen LogP) is 2.91. The molecule has 3 nitrogen and oxygen atoms in total. The van der Waals surface area contributed by atoms with E-state index in [0.717, 1.165) is 19.3 Å². The van der Waals surface area contributed by atoms with Crippen molar-refractivity contribution >= 4 is 0 Å². The van der Waals surface area contributed by atoms with E-state index in [-0.39, 0.29) is 18.8 Å². The molecule has 0 saturated carbocycles. The summed E-state index contributed by atoms with van der Waals surface area (Å²) in [7, 11) is 0. The summed E-state index contributed by atoms with van der Waals surface area (Å²) in [6.07, 6.45) is 8.34. The third kappa shape index (κ3) is 6.55. The van der Waals surface area contributed by atoms with Gasteiger partial charge in [-0.3, -0.25) is 0 Å². The van der Waals surface area contributed by atoms with Crippen molar-refractivity contribution in [3.63, 3.8) is 0 Å². The van der Waals surface area contributed by atoms with E-state index in [1.807, 2.05) is 6.08 Å². The molecule has 1 fully saturated rings. The van der Waals surface area contributed by atoms with Gasteiger partial charge in [-0.15, -0.1) is 0 Å². The van der Waals surface area contributed by atoms with Gasteiger partial charge >= 0.3 is 0 Å². The van der Waals surface area contributed by atoms with E-state index in [0.29, 0.717) is 24.7 Å². The molecule has 1 heterocycles. The van der Waals surface area contributed by atoms with Gasteiger partial charge < -0.3 is 14.9 Å². The van der Waals surface area contributed by atoms with Crippen molar-refractivity contribution in [3.8, 4) is 0 Å². The molecule has 0 spiro atoms. The van der Waals surface area contributed by atoms with Gasteiger partial charge in [-0.1, -0.05) is 32.9 Å². The zero-order valence-electron chi connectivity index (χ0n) is 12.6. The molecule has 1 aliphatic rings. The van der Waals surface area contributed by atoms with Crippen LogP contribution in [-0.4, -0.2) is 35.1 Å². The lowest BCUT2D eigenvalue weighted by Gasteiger charge is -2.35. The van der Waals surface area contributed by atoms with Crippen molar-refractivity contribution in [1.82, 2.24) is 0 Å². The minimum absolute atomic E-state index is 0.131. The predicted molar refractivity (Wildman–Crippen MR) is 78.0 cm³/mol. The summed E-state index contributed by atoms with van der Waals surface area (Å²) >= 11 is 0. The molecule has 4 atom stereocenters. The van der Waals surface area contributed by atoms with Crippen LogP contribution in [0.4, 0.5) is 0 Å². The molecule has 0 aromatic rings. The van der Waals surface area contributed by atoms with E-state index in [9.17, 15) is 5.11 Å². The van der Waals surface area contributed by atoms with Crippen LogP contribution in [0, 0.1) is 11.8 Å². The van der Waals surface area contributed by atoms with Crippen molar-refractivity contribution in [3.05, 3.63) is 12.2 Å². The van der Waals surface area contributed by atoms with E-state index >= 15 is 0 Å². The second-order valence-corrected chi connectivity index (χ2v) is 6.22. The Morgan fingerprint density at radius 1 is 1.32 bits per heavy atom. The van der Waals surface area contributed by atoms with Gasteiger partial charge in [0.2, 0.25) is 0 Å². The molecule has 3 heteroatoms. The van der Waals surface area contributed by atoms with E-state index in [1.54, 1.807) is 0 Å². The fourth-order valence-electron chi connectivity index (χ4n) is 2.59. The van der Waals surface area contributed by atoms with Crippen LogP contribution in [0.15, 0.2) is 12.2 Å². The van der Waals surface area contributed by atoms with Crippen molar-refractivity contribution < 1.29 is 14.9 Å². The first-order valence-corrected chi connectivity index (χ1v) is 7.64. The quantitative estimate of drug-likeness (QED) is 0.699. The Balaban J connectivity index is 2.33. The number of aliphatic hydroxyl groups excluding tert-OH is 2. The molecular weight excluding hydrogens is 240 g/mol. The molecule has 112 valence electrons. The maximum atomic E-state index is 9.98. The minimum atomic E-state index is -0.410. The smallest absolute Gasteiger partial charge is 0.0745 e. The Kier molecular flexibility index (Phi) is 7.66. The third-order valence-corrected chi connectivity index (χ3v) is 3.83. The van der Waals surface area contributed by atoms with E-state index < -0.39 is 6.10 Å². The molecule has 0 aromatic heterocycles. The average Bonchev–Trinajstić information content (AvgIpc) is 2.33. The van der Waals surface area contributed by atoms with Crippen molar-refractivity contribution in [1.29, 1.82) is 0 Å². The topological polar surface area (TPSA) is 49.7 Å². The molecule has 19 heavy (non-hydrogen) atoms. The first-order chi connectivity index (χ1) is 9.02. The largest absolute Gasteiger partial charge is 0.396 e. The van der Waals surface area contributed by atoms with Gasteiger partial charge in [0.05, 0.1) is 18.3 Å². The third-order valence-electron chi connectivity index (χ3n) is 3.83. The van der Waals surface area contributed by atoms with Gasteiger partial charge in [0.1, 0.15) is 0 Å². The molecule has 0 amide bonds. The summed E-state index contributed by atoms with van der Waals surface area (Å²) in [5.74, 6) is 1.14. The molecule has 2 N–H and O–H groups in total. The Morgan fingerprint density at radius 2 is 2.05 bits per heavy atom. The van der Waals surface area contributed by atoms with E-state index in [2.05, 4.69) is 26.8 Å². The summed E-state index contributed by atoms with van der Waals surface area (Å²) in [5, 5.41) is 19.0. The van der Waals surface area contributed by atoms with Crippen LogP contribution in [0.1, 0.15) is 52.9 Å². The maximum absolute atomic E-state index is 9.98. The van der Waals surface area contributed by atoms with Crippen LogP contribution in [0.5, 0.6) is 0 Å². The minimum Gasteiger partial charge on any atom is -0.396 e. The van der Waals surface area contributed by atoms with Crippen LogP contribution in [0.25, 0.3) is 0 Å². The maximum Gasteiger partial charge on any atom is 0.0745 e. The standard InChI is InChI=1S/C16H30O3/c1-12(2)5-4-6-14(18)11-15-8-7-13(3)16(19-15)9-10-17/h4,6,12-18H,5,7-11H2,1-3H3/b6-4+/t13-,14-,15?,16+/m0/s1. The second-order valence-electron chi connectivity index (χ2n) is 6.22. The zero-order valence-corrected chi connectivity index (χ0v) is 12.6. The summed E-state index contributed by atoms with van der Waals surface area (Å²) in [5.41, 5.74) is 0. The molecule has 1 saturated heterocycles. The SMILES string of the molecule is CC(C)C/C=C/[C@H](O)CC1CC[C@H](C)[C@@H](CCO)O1. The number of rotatable bonds is 7.